The Labute approximate surface area is 170 Å². The van der Waals surface area contributed by atoms with Gasteiger partial charge in [0.05, 0.1) is 6.54 Å². The zero-order valence-electron chi connectivity index (χ0n) is 16.3. The van der Waals surface area contributed by atoms with Crippen molar-refractivity contribution in [2.45, 2.75) is 26.2 Å². The first kappa shape index (κ1) is 20.6. The minimum Gasteiger partial charge on any atom is -0.385 e. The number of methoxy groups -OCH3 is 1. The number of rotatable bonds is 8. The molecule has 1 aliphatic carbocycles. The van der Waals surface area contributed by atoms with Crippen LogP contribution < -0.4 is 4.90 Å². The van der Waals surface area contributed by atoms with Gasteiger partial charge in [0.25, 0.3) is 0 Å². The summed E-state index contributed by atoms with van der Waals surface area (Å²) in [5.41, 5.74) is 1.51. The van der Waals surface area contributed by atoms with Gasteiger partial charge in [0, 0.05) is 36.9 Å². The van der Waals surface area contributed by atoms with Crippen LogP contribution in [0.1, 0.15) is 24.8 Å². The van der Waals surface area contributed by atoms with Gasteiger partial charge in [0.2, 0.25) is 17.7 Å². The lowest BCUT2D eigenvalue weighted by Gasteiger charge is -2.25. The van der Waals surface area contributed by atoms with E-state index < -0.39 is 0 Å². The van der Waals surface area contributed by atoms with Gasteiger partial charge in [-0.3, -0.25) is 19.3 Å². The molecule has 1 aromatic rings. The number of ether oxygens (including phenoxy) is 1. The van der Waals surface area contributed by atoms with Crippen LogP contribution in [0.4, 0.5) is 5.69 Å². The van der Waals surface area contributed by atoms with Crippen LogP contribution in [0.3, 0.4) is 0 Å². The second kappa shape index (κ2) is 8.92. The van der Waals surface area contributed by atoms with Gasteiger partial charge in [-0.2, -0.15) is 0 Å². The number of hydrogen-bond acceptors (Lipinski definition) is 4. The van der Waals surface area contributed by atoms with Crippen molar-refractivity contribution in [2.24, 2.45) is 5.92 Å². The summed E-state index contributed by atoms with van der Waals surface area (Å²) in [6.45, 7) is 3.03. The average molecular weight is 408 g/mol. The maximum Gasteiger partial charge on any atom is 0.248 e. The van der Waals surface area contributed by atoms with E-state index in [2.05, 4.69) is 0 Å². The predicted octanol–water partition coefficient (Wildman–Crippen LogP) is 2.06. The fraction of sp³-hybridized carbons (Fsp3) is 0.550. The fourth-order valence-electron chi connectivity index (χ4n) is 3.33. The van der Waals surface area contributed by atoms with Crippen LogP contribution in [-0.2, 0) is 19.1 Å². The summed E-state index contributed by atoms with van der Waals surface area (Å²) in [6, 6.07) is 5.38. The third-order valence-corrected chi connectivity index (χ3v) is 5.57. The van der Waals surface area contributed by atoms with Crippen LogP contribution >= 0.6 is 11.6 Å². The van der Waals surface area contributed by atoms with E-state index >= 15 is 0 Å². The number of anilines is 1. The molecule has 0 bridgehead atoms. The Morgan fingerprint density at radius 2 is 2.07 bits per heavy atom. The zero-order chi connectivity index (χ0) is 20.3. The van der Waals surface area contributed by atoms with Gasteiger partial charge in [0.15, 0.2) is 0 Å². The Kier molecular flexibility index (Phi) is 6.57. The molecule has 3 amide bonds. The Hall–Kier alpha value is -2.12. The molecule has 0 unspecified atom stereocenters. The molecule has 1 saturated heterocycles. The monoisotopic (exact) mass is 407 g/mol. The predicted molar refractivity (Wildman–Crippen MR) is 106 cm³/mol. The van der Waals surface area contributed by atoms with Crippen LogP contribution in [0.5, 0.6) is 0 Å². The van der Waals surface area contributed by atoms with Crippen molar-refractivity contribution < 1.29 is 19.1 Å². The summed E-state index contributed by atoms with van der Waals surface area (Å²) >= 11 is 6.17. The highest BCUT2D eigenvalue weighted by atomic mass is 35.5. The molecule has 2 aliphatic rings. The molecular formula is C20H26ClN3O4. The first-order valence-electron chi connectivity index (χ1n) is 9.53. The summed E-state index contributed by atoms with van der Waals surface area (Å²) in [7, 11) is 1.61. The number of nitrogens with zero attached hydrogens (tertiary/aromatic N) is 3. The van der Waals surface area contributed by atoms with Crippen molar-refractivity contribution >= 4 is 35.0 Å². The minimum absolute atomic E-state index is 0.00526. The van der Waals surface area contributed by atoms with Crippen molar-refractivity contribution in [1.82, 2.24) is 9.80 Å². The highest BCUT2D eigenvalue weighted by Gasteiger charge is 2.37. The molecule has 152 valence electrons. The van der Waals surface area contributed by atoms with Crippen LogP contribution in [0.2, 0.25) is 5.02 Å². The van der Waals surface area contributed by atoms with Crippen molar-refractivity contribution in [3.8, 4) is 0 Å². The van der Waals surface area contributed by atoms with Gasteiger partial charge in [-0.05, 0) is 43.9 Å². The molecular weight excluding hydrogens is 382 g/mol. The van der Waals surface area contributed by atoms with Crippen LogP contribution in [0.15, 0.2) is 18.2 Å². The summed E-state index contributed by atoms with van der Waals surface area (Å²) in [5.74, 6) is -0.307. The standard InChI is InChI=1S/C20H26ClN3O4/c1-14-16(21)5-3-6-17(14)24-13-23(12-19(24)26)18(25)11-22(9-4-10-28-2)20(27)15-7-8-15/h3,5-6,15H,4,7-13H2,1-2H3. The summed E-state index contributed by atoms with van der Waals surface area (Å²) in [5, 5.41) is 0.578. The van der Waals surface area contributed by atoms with E-state index in [1.807, 2.05) is 13.0 Å². The number of amides is 3. The average Bonchev–Trinajstić information content (AvgIpc) is 3.45. The van der Waals surface area contributed by atoms with Gasteiger partial charge < -0.3 is 14.5 Å². The Morgan fingerprint density at radius 1 is 1.32 bits per heavy atom. The number of hydrogen-bond donors (Lipinski definition) is 0. The Balaban J connectivity index is 1.65. The van der Waals surface area contributed by atoms with Gasteiger partial charge in [-0.15, -0.1) is 0 Å². The molecule has 0 N–H and O–H groups in total. The molecule has 3 rings (SSSR count). The first-order chi connectivity index (χ1) is 13.4. The second-order valence-corrected chi connectivity index (χ2v) is 7.73. The maximum atomic E-state index is 12.8. The third kappa shape index (κ3) is 4.64. The molecule has 1 heterocycles. The van der Waals surface area contributed by atoms with Crippen molar-refractivity contribution in [2.75, 3.05) is 44.9 Å². The number of carbonyl (C=O) groups is 3. The number of halogens is 1. The molecule has 1 aromatic carbocycles. The van der Waals surface area contributed by atoms with E-state index in [-0.39, 0.29) is 43.4 Å². The molecule has 0 spiro atoms. The molecule has 0 atom stereocenters. The summed E-state index contributed by atoms with van der Waals surface area (Å²) < 4.78 is 5.06. The summed E-state index contributed by atoms with van der Waals surface area (Å²) in [4.78, 5) is 42.5. The molecule has 7 nitrogen and oxygen atoms in total. The maximum absolute atomic E-state index is 12.8. The summed E-state index contributed by atoms with van der Waals surface area (Å²) in [6.07, 6.45) is 2.45. The topological polar surface area (TPSA) is 70.2 Å². The fourth-order valence-corrected chi connectivity index (χ4v) is 3.50. The molecule has 1 aliphatic heterocycles. The quantitative estimate of drug-likeness (QED) is 0.618. The number of benzene rings is 1. The van der Waals surface area contributed by atoms with E-state index in [9.17, 15) is 14.4 Å². The van der Waals surface area contributed by atoms with E-state index in [0.29, 0.717) is 30.3 Å². The first-order valence-corrected chi connectivity index (χ1v) is 9.91. The smallest absolute Gasteiger partial charge is 0.248 e. The van der Waals surface area contributed by atoms with Crippen molar-refractivity contribution in [1.29, 1.82) is 0 Å². The molecule has 0 radical (unpaired) electrons. The Bertz CT molecular complexity index is 766. The van der Waals surface area contributed by atoms with E-state index in [0.717, 1.165) is 18.4 Å². The van der Waals surface area contributed by atoms with E-state index in [4.69, 9.17) is 16.3 Å². The van der Waals surface area contributed by atoms with Crippen LogP contribution in [-0.4, -0.2) is 67.5 Å². The highest BCUT2D eigenvalue weighted by Crippen LogP contribution is 2.31. The second-order valence-electron chi connectivity index (χ2n) is 7.32. The zero-order valence-corrected chi connectivity index (χ0v) is 17.1. The normalized spacial score (nSPS) is 16.6. The van der Waals surface area contributed by atoms with Gasteiger partial charge in [0.1, 0.15) is 13.2 Å². The van der Waals surface area contributed by atoms with E-state index in [1.165, 1.54) is 4.90 Å². The van der Waals surface area contributed by atoms with Crippen LogP contribution in [0, 0.1) is 12.8 Å². The molecule has 28 heavy (non-hydrogen) atoms. The lowest BCUT2D eigenvalue weighted by atomic mass is 10.2. The lowest BCUT2D eigenvalue weighted by molar-refractivity contribution is -0.141. The highest BCUT2D eigenvalue weighted by molar-refractivity contribution is 6.31. The minimum atomic E-state index is -0.220. The number of carbonyl (C=O) groups excluding carboxylic acids is 3. The largest absolute Gasteiger partial charge is 0.385 e. The van der Waals surface area contributed by atoms with Crippen molar-refractivity contribution in [3.63, 3.8) is 0 Å². The lowest BCUT2D eigenvalue weighted by Crippen LogP contribution is -2.44. The van der Waals surface area contributed by atoms with Gasteiger partial charge in [-0.1, -0.05) is 17.7 Å². The van der Waals surface area contributed by atoms with Gasteiger partial charge in [-0.25, -0.2) is 0 Å². The molecule has 0 aromatic heterocycles. The van der Waals surface area contributed by atoms with Gasteiger partial charge >= 0.3 is 0 Å². The molecule has 1 saturated carbocycles. The Morgan fingerprint density at radius 3 is 2.75 bits per heavy atom. The third-order valence-electron chi connectivity index (χ3n) is 5.16. The SMILES string of the molecule is COCCCN(CC(=O)N1CC(=O)N(c2cccc(Cl)c2C)C1)C(=O)C1CC1. The van der Waals surface area contributed by atoms with Crippen LogP contribution in [0.25, 0.3) is 0 Å². The van der Waals surface area contributed by atoms with E-state index in [1.54, 1.807) is 29.0 Å². The van der Waals surface area contributed by atoms with Crippen molar-refractivity contribution in [3.05, 3.63) is 28.8 Å². The molecule has 2 fully saturated rings. The molecule has 8 heteroatoms.